The fourth-order valence-corrected chi connectivity index (χ4v) is 1.33. The van der Waals surface area contributed by atoms with Gasteiger partial charge in [-0.2, -0.15) is 0 Å². The highest BCUT2D eigenvalue weighted by Gasteiger charge is 2.20. The molecule has 0 aliphatic carbocycles. The van der Waals surface area contributed by atoms with E-state index in [0.717, 1.165) is 12.2 Å². The first-order chi connectivity index (χ1) is 8.24. The zero-order valence-electron chi connectivity index (χ0n) is 11.3. The Morgan fingerprint density at radius 3 is 2.50 bits per heavy atom. The molecular formula is C13H21N3O2. The Balaban J connectivity index is 2.78. The van der Waals surface area contributed by atoms with Crippen molar-refractivity contribution in [3.05, 3.63) is 23.8 Å². The molecule has 1 aromatic carbocycles. The highest BCUT2D eigenvalue weighted by atomic mass is 16.4. The molecule has 0 unspecified atom stereocenters. The number of nitrogens with one attached hydrogen (secondary N) is 1. The van der Waals surface area contributed by atoms with Crippen LogP contribution in [0.25, 0.3) is 0 Å². The maximum atomic E-state index is 10.8. The summed E-state index contributed by atoms with van der Waals surface area (Å²) in [7, 11) is 4.02. The lowest BCUT2D eigenvalue weighted by Crippen LogP contribution is -2.44. The predicted molar refractivity (Wildman–Crippen MR) is 74.1 cm³/mol. The van der Waals surface area contributed by atoms with Crippen molar-refractivity contribution < 1.29 is 9.90 Å². The van der Waals surface area contributed by atoms with Crippen molar-refractivity contribution in [3.63, 3.8) is 0 Å². The number of carboxylic acid groups (broad SMARTS) is 1. The molecule has 0 amide bonds. The molecule has 0 bridgehead atoms. The van der Waals surface area contributed by atoms with E-state index in [1.807, 2.05) is 14.1 Å². The summed E-state index contributed by atoms with van der Waals surface area (Å²) in [5.41, 5.74) is 7.22. The van der Waals surface area contributed by atoms with Crippen LogP contribution in [0.3, 0.4) is 0 Å². The number of likely N-dealkylation sites (N-methyl/N-ethyl adjacent to an activating group) is 1. The Hall–Kier alpha value is -1.75. The van der Waals surface area contributed by atoms with Gasteiger partial charge in [0.2, 0.25) is 0 Å². The number of nitrogens with two attached hydrogens (primary N) is 1. The van der Waals surface area contributed by atoms with Crippen LogP contribution in [0.2, 0.25) is 0 Å². The standard InChI is InChI=1S/C13H21N3O2/c1-13(2,16(3)4)8-15-11-6-5-9(12(17)18)7-10(11)14/h5-7,15H,8,14H2,1-4H3,(H,17,18). The van der Waals surface area contributed by atoms with Gasteiger partial charge < -0.3 is 21.1 Å². The van der Waals surface area contributed by atoms with Gasteiger partial charge in [0, 0.05) is 12.1 Å². The van der Waals surface area contributed by atoms with Gasteiger partial charge in [-0.1, -0.05) is 0 Å². The number of carbonyl (C=O) groups is 1. The number of nitrogens with zero attached hydrogens (tertiary/aromatic N) is 1. The Morgan fingerprint density at radius 2 is 2.06 bits per heavy atom. The Morgan fingerprint density at radius 1 is 1.44 bits per heavy atom. The van der Waals surface area contributed by atoms with Gasteiger partial charge in [0.1, 0.15) is 0 Å². The van der Waals surface area contributed by atoms with Crippen molar-refractivity contribution in [3.8, 4) is 0 Å². The van der Waals surface area contributed by atoms with Crippen LogP contribution in [0.5, 0.6) is 0 Å². The molecule has 0 aliphatic rings. The van der Waals surface area contributed by atoms with Crippen LogP contribution in [0.4, 0.5) is 11.4 Å². The monoisotopic (exact) mass is 251 g/mol. The van der Waals surface area contributed by atoms with E-state index in [9.17, 15) is 4.79 Å². The van der Waals surface area contributed by atoms with E-state index in [4.69, 9.17) is 10.8 Å². The van der Waals surface area contributed by atoms with Gasteiger partial charge in [-0.05, 0) is 46.1 Å². The minimum Gasteiger partial charge on any atom is -0.478 e. The van der Waals surface area contributed by atoms with Gasteiger partial charge in [0.05, 0.1) is 16.9 Å². The third-order valence-corrected chi connectivity index (χ3v) is 3.22. The quantitative estimate of drug-likeness (QED) is 0.694. The number of carboxylic acids is 1. The predicted octanol–water partition coefficient (Wildman–Crippen LogP) is 1.72. The van der Waals surface area contributed by atoms with Gasteiger partial charge in [0.25, 0.3) is 0 Å². The molecule has 4 N–H and O–H groups in total. The first-order valence-corrected chi connectivity index (χ1v) is 5.78. The summed E-state index contributed by atoms with van der Waals surface area (Å²) in [5, 5.41) is 12.1. The van der Waals surface area contributed by atoms with Gasteiger partial charge in [0.15, 0.2) is 0 Å². The number of hydrogen-bond donors (Lipinski definition) is 3. The summed E-state index contributed by atoms with van der Waals surface area (Å²) in [6.07, 6.45) is 0. The molecule has 0 radical (unpaired) electrons. The van der Waals surface area contributed by atoms with Crippen molar-refractivity contribution >= 4 is 17.3 Å². The van der Waals surface area contributed by atoms with Gasteiger partial charge in [-0.15, -0.1) is 0 Å². The molecule has 0 aromatic heterocycles. The normalized spacial score (nSPS) is 11.6. The zero-order chi connectivity index (χ0) is 13.9. The zero-order valence-corrected chi connectivity index (χ0v) is 11.3. The number of anilines is 2. The molecule has 0 saturated heterocycles. The second-order valence-corrected chi connectivity index (χ2v) is 5.17. The Kier molecular flexibility index (Phi) is 4.19. The molecule has 5 nitrogen and oxygen atoms in total. The van der Waals surface area contributed by atoms with E-state index in [1.165, 1.54) is 6.07 Å². The van der Waals surface area contributed by atoms with Crippen LogP contribution in [0.1, 0.15) is 24.2 Å². The fraction of sp³-hybridized carbons (Fsp3) is 0.462. The lowest BCUT2D eigenvalue weighted by atomic mass is 10.0. The van der Waals surface area contributed by atoms with Crippen molar-refractivity contribution in [2.24, 2.45) is 0 Å². The van der Waals surface area contributed by atoms with E-state index in [1.54, 1.807) is 12.1 Å². The summed E-state index contributed by atoms with van der Waals surface area (Å²) >= 11 is 0. The topological polar surface area (TPSA) is 78.6 Å². The van der Waals surface area contributed by atoms with Crippen LogP contribution < -0.4 is 11.1 Å². The van der Waals surface area contributed by atoms with E-state index >= 15 is 0 Å². The minimum atomic E-state index is -0.970. The molecule has 100 valence electrons. The SMILES string of the molecule is CN(C)C(C)(C)CNc1ccc(C(=O)O)cc1N. The molecule has 0 spiro atoms. The lowest BCUT2D eigenvalue weighted by Gasteiger charge is -2.33. The first kappa shape index (κ1) is 14.3. The first-order valence-electron chi connectivity index (χ1n) is 5.78. The lowest BCUT2D eigenvalue weighted by molar-refractivity contribution is 0.0697. The molecule has 0 fully saturated rings. The molecule has 0 atom stereocenters. The van der Waals surface area contributed by atoms with E-state index in [-0.39, 0.29) is 11.1 Å². The number of nitrogen functional groups attached to an aromatic ring is 1. The fourth-order valence-electron chi connectivity index (χ4n) is 1.33. The average molecular weight is 251 g/mol. The highest BCUT2D eigenvalue weighted by Crippen LogP contribution is 2.21. The smallest absolute Gasteiger partial charge is 0.335 e. The molecule has 0 saturated carbocycles. The second kappa shape index (κ2) is 5.27. The number of benzene rings is 1. The van der Waals surface area contributed by atoms with Gasteiger partial charge in [-0.25, -0.2) is 4.79 Å². The van der Waals surface area contributed by atoms with Crippen LogP contribution in [0.15, 0.2) is 18.2 Å². The van der Waals surface area contributed by atoms with Crippen molar-refractivity contribution in [2.75, 3.05) is 31.7 Å². The molecular weight excluding hydrogens is 230 g/mol. The van der Waals surface area contributed by atoms with Crippen LogP contribution in [-0.4, -0.2) is 42.2 Å². The molecule has 1 aromatic rings. The molecule has 5 heteroatoms. The number of aromatic carboxylic acids is 1. The van der Waals surface area contributed by atoms with Crippen molar-refractivity contribution in [2.45, 2.75) is 19.4 Å². The van der Waals surface area contributed by atoms with Crippen LogP contribution in [0, 0.1) is 0 Å². The highest BCUT2D eigenvalue weighted by molar-refractivity contribution is 5.90. The average Bonchev–Trinajstić information content (AvgIpc) is 2.26. The van der Waals surface area contributed by atoms with Gasteiger partial charge in [-0.3, -0.25) is 0 Å². The van der Waals surface area contributed by atoms with Crippen LogP contribution >= 0.6 is 0 Å². The number of rotatable bonds is 5. The third-order valence-electron chi connectivity index (χ3n) is 3.22. The number of hydrogen-bond acceptors (Lipinski definition) is 4. The summed E-state index contributed by atoms with van der Waals surface area (Å²) in [5.74, 6) is -0.970. The van der Waals surface area contributed by atoms with Crippen molar-refractivity contribution in [1.29, 1.82) is 0 Å². The van der Waals surface area contributed by atoms with Crippen molar-refractivity contribution in [1.82, 2.24) is 4.90 Å². The Labute approximate surface area is 108 Å². The summed E-state index contributed by atoms with van der Waals surface area (Å²) in [6.45, 7) is 4.94. The second-order valence-electron chi connectivity index (χ2n) is 5.17. The Bertz CT molecular complexity index is 442. The minimum absolute atomic E-state index is 0.0160. The van der Waals surface area contributed by atoms with Crippen LogP contribution in [-0.2, 0) is 0 Å². The van der Waals surface area contributed by atoms with E-state index in [2.05, 4.69) is 24.1 Å². The third kappa shape index (κ3) is 3.37. The maximum absolute atomic E-state index is 10.8. The molecule has 0 heterocycles. The maximum Gasteiger partial charge on any atom is 0.335 e. The van der Waals surface area contributed by atoms with Gasteiger partial charge >= 0.3 is 5.97 Å². The summed E-state index contributed by atoms with van der Waals surface area (Å²) in [4.78, 5) is 12.9. The molecule has 18 heavy (non-hydrogen) atoms. The summed E-state index contributed by atoms with van der Waals surface area (Å²) < 4.78 is 0. The summed E-state index contributed by atoms with van der Waals surface area (Å²) in [6, 6.07) is 4.71. The van der Waals surface area contributed by atoms with E-state index in [0.29, 0.717) is 5.69 Å². The van der Waals surface area contributed by atoms with E-state index < -0.39 is 5.97 Å². The largest absolute Gasteiger partial charge is 0.478 e. The molecule has 0 aliphatic heterocycles. The molecule has 1 rings (SSSR count).